The van der Waals surface area contributed by atoms with Gasteiger partial charge in [-0.25, -0.2) is 0 Å². The maximum absolute atomic E-state index is 12.6. The predicted molar refractivity (Wildman–Crippen MR) is 79.6 cm³/mol. The van der Waals surface area contributed by atoms with E-state index in [1.807, 2.05) is 38.1 Å². The van der Waals surface area contributed by atoms with Crippen LogP contribution in [0.3, 0.4) is 0 Å². The van der Waals surface area contributed by atoms with Crippen LogP contribution in [-0.2, 0) is 25.4 Å². The fraction of sp³-hybridized carbons (Fsp3) is 0.588. The topological polar surface area (TPSA) is 54.0 Å². The first-order chi connectivity index (χ1) is 10.4. The number of carbonyl (C=O) groups is 1. The molecule has 0 radical (unpaired) electrons. The molecule has 0 aromatic heterocycles. The molecule has 1 aromatic carbocycles. The molecule has 1 aromatic rings. The van der Waals surface area contributed by atoms with Crippen LogP contribution in [0.4, 0.5) is 0 Å². The molecule has 2 aliphatic heterocycles. The van der Waals surface area contributed by atoms with E-state index in [0.29, 0.717) is 19.4 Å². The highest BCUT2D eigenvalue weighted by molar-refractivity contribution is 5.79. The Kier molecular flexibility index (Phi) is 3.45. The van der Waals surface area contributed by atoms with Gasteiger partial charge in [0.1, 0.15) is 11.2 Å². The summed E-state index contributed by atoms with van der Waals surface area (Å²) in [6.07, 6.45) is 1.10. The van der Waals surface area contributed by atoms with E-state index in [1.54, 1.807) is 7.11 Å². The number of ether oxygens (including phenoxy) is 4. The molecule has 2 bridgehead atoms. The van der Waals surface area contributed by atoms with Crippen molar-refractivity contribution in [3.05, 3.63) is 29.8 Å². The highest BCUT2D eigenvalue weighted by Gasteiger charge is 2.71. The summed E-state index contributed by atoms with van der Waals surface area (Å²) in [6, 6.07) is 7.70. The first-order valence-corrected chi connectivity index (χ1v) is 7.42. The van der Waals surface area contributed by atoms with Crippen LogP contribution in [0.15, 0.2) is 24.3 Å². The number of fused-ring (bicyclic) bond motifs is 2. The molecule has 120 valence electrons. The molecule has 3 unspecified atom stereocenters. The Labute approximate surface area is 130 Å². The maximum Gasteiger partial charge on any atom is 0.317 e. The van der Waals surface area contributed by atoms with Gasteiger partial charge in [-0.05, 0) is 38.0 Å². The van der Waals surface area contributed by atoms with Gasteiger partial charge in [-0.3, -0.25) is 4.79 Å². The van der Waals surface area contributed by atoms with Crippen LogP contribution >= 0.6 is 0 Å². The molecule has 5 nitrogen and oxygen atoms in total. The number of esters is 1. The first-order valence-electron chi connectivity index (χ1n) is 7.42. The van der Waals surface area contributed by atoms with E-state index in [2.05, 4.69) is 0 Å². The Hall–Kier alpha value is -1.59. The second-order valence-electron chi connectivity index (χ2n) is 6.56. The van der Waals surface area contributed by atoms with E-state index in [-0.39, 0.29) is 5.97 Å². The summed E-state index contributed by atoms with van der Waals surface area (Å²) in [4.78, 5) is 12.6. The SMILES string of the molecule is COC(=O)C1(Cc2ccc(OC)cc2)CC2(C)COC1(C)O2. The van der Waals surface area contributed by atoms with E-state index >= 15 is 0 Å². The van der Waals surface area contributed by atoms with Crippen LogP contribution in [0.2, 0.25) is 0 Å². The summed E-state index contributed by atoms with van der Waals surface area (Å²) in [5, 5.41) is 0. The molecule has 0 spiro atoms. The molecule has 2 saturated heterocycles. The third-order valence-electron chi connectivity index (χ3n) is 4.88. The van der Waals surface area contributed by atoms with Crippen molar-refractivity contribution in [1.82, 2.24) is 0 Å². The van der Waals surface area contributed by atoms with Crippen LogP contribution in [0, 0.1) is 5.41 Å². The summed E-state index contributed by atoms with van der Waals surface area (Å²) in [5.74, 6) is -0.446. The Balaban J connectivity index is 1.96. The van der Waals surface area contributed by atoms with Gasteiger partial charge in [0.25, 0.3) is 0 Å². The number of carbonyl (C=O) groups excluding carboxylic acids is 1. The van der Waals surface area contributed by atoms with Gasteiger partial charge in [0.05, 0.1) is 26.4 Å². The summed E-state index contributed by atoms with van der Waals surface area (Å²) < 4.78 is 22.2. The fourth-order valence-corrected chi connectivity index (χ4v) is 3.78. The Morgan fingerprint density at radius 2 is 1.91 bits per heavy atom. The van der Waals surface area contributed by atoms with E-state index < -0.39 is 16.8 Å². The van der Waals surface area contributed by atoms with Crippen molar-refractivity contribution >= 4 is 5.97 Å². The number of benzene rings is 1. The fourth-order valence-electron chi connectivity index (χ4n) is 3.78. The quantitative estimate of drug-likeness (QED) is 0.799. The molecule has 22 heavy (non-hydrogen) atoms. The molecule has 3 atom stereocenters. The minimum atomic E-state index is -0.950. The highest BCUT2D eigenvalue weighted by atomic mass is 16.8. The van der Waals surface area contributed by atoms with Crippen molar-refractivity contribution in [2.75, 3.05) is 20.8 Å². The third kappa shape index (κ3) is 2.11. The summed E-state index contributed by atoms with van der Waals surface area (Å²) in [7, 11) is 3.04. The van der Waals surface area contributed by atoms with Gasteiger partial charge in [0.15, 0.2) is 5.79 Å². The molecular formula is C17H22O5. The minimum Gasteiger partial charge on any atom is -0.497 e. The molecule has 0 amide bonds. The lowest BCUT2D eigenvalue weighted by Gasteiger charge is -2.39. The maximum atomic E-state index is 12.6. The highest BCUT2D eigenvalue weighted by Crippen LogP contribution is 2.58. The van der Waals surface area contributed by atoms with Crippen molar-refractivity contribution < 1.29 is 23.7 Å². The summed E-state index contributed by atoms with van der Waals surface area (Å²) in [6.45, 7) is 4.33. The third-order valence-corrected chi connectivity index (χ3v) is 4.88. The van der Waals surface area contributed by atoms with Gasteiger partial charge in [-0.2, -0.15) is 0 Å². The molecule has 2 heterocycles. The van der Waals surface area contributed by atoms with Gasteiger partial charge < -0.3 is 18.9 Å². The number of hydrogen-bond acceptors (Lipinski definition) is 5. The van der Waals surface area contributed by atoms with Crippen molar-refractivity contribution in [1.29, 1.82) is 0 Å². The minimum absolute atomic E-state index is 0.283. The molecule has 0 N–H and O–H groups in total. The molecule has 0 aliphatic carbocycles. The van der Waals surface area contributed by atoms with Crippen molar-refractivity contribution in [3.8, 4) is 5.75 Å². The van der Waals surface area contributed by atoms with E-state index in [0.717, 1.165) is 11.3 Å². The Bertz CT molecular complexity index is 583. The lowest BCUT2D eigenvalue weighted by Crippen LogP contribution is -2.53. The molecule has 0 saturated carbocycles. The largest absolute Gasteiger partial charge is 0.497 e. The van der Waals surface area contributed by atoms with Gasteiger partial charge in [-0.15, -0.1) is 0 Å². The van der Waals surface area contributed by atoms with Crippen molar-refractivity contribution in [3.63, 3.8) is 0 Å². The molecule has 5 heteroatoms. The standard InChI is InChI=1S/C17H22O5/c1-15-10-17(14(18)20-4,16(2,22-15)21-11-15)9-12-5-7-13(19-3)8-6-12/h5-8H,9-11H2,1-4H3. The van der Waals surface area contributed by atoms with Gasteiger partial charge in [0.2, 0.25) is 0 Å². The zero-order chi connectivity index (χ0) is 16.0. The van der Waals surface area contributed by atoms with E-state index in [9.17, 15) is 4.79 Å². The average molecular weight is 306 g/mol. The van der Waals surface area contributed by atoms with Crippen LogP contribution in [0.1, 0.15) is 25.8 Å². The van der Waals surface area contributed by atoms with Gasteiger partial charge >= 0.3 is 5.97 Å². The second kappa shape index (κ2) is 4.96. The summed E-state index contributed by atoms with van der Waals surface area (Å²) >= 11 is 0. The zero-order valence-corrected chi connectivity index (χ0v) is 13.5. The molecular weight excluding hydrogens is 284 g/mol. The number of rotatable bonds is 4. The predicted octanol–water partition coefficient (Wildman–Crippen LogP) is 2.32. The normalized spacial score (nSPS) is 36.4. The van der Waals surface area contributed by atoms with Gasteiger partial charge in [0, 0.05) is 6.42 Å². The van der Waals surface area contributed by atoms with Crippen molar-refractivity contribution in [2.24, 2.45) is 5.41 Å². The van der Waals surface area contributed by atoms with Crippen LogP contribution in [-0.4, -0.2) is 38.2 Å². The van der Waals surface area contributed by atoms with E-state index in [1.165, 1.54) is 7.11 Å². The summed E-state index contributed by atoms with van der Waals surface area (Å²) in [5.41, 5.74) is -0.241. The number of methoxy groups -OCH3 is 2. The average Bonchev–Trinajstić information content (AvgIpc) is 2.94. The van der Waals surface area contributed by atoms with Crippen LogP contribution in [0.25, 0.3) is 0 Å². The number of hydrogen-bond donors (Lipinski definition) is 0. The van der Waals surface area contributed by atoms with Crippen LogP contribution < -0.4 is 4.74 Å². The van der Waals surface area contributed by atoms with Crippen molar-refractivity contribution in [2.45, 2.75) is 38.1 Å². The zero-order valence-electron chi connectivity index (χ0n) is 13.5. The lowest BCUT2D eigenvalue weighted by molar-refractivity contribution is -0.215. The monoisotopic (exact) mass is 306 g/mol. The Morgan fingerprint density at radius 1 is 1.23 bits per heavy atom. The second-order valence-corrected chi connectivity index (χ2v) is 6.56. The lowest BCUT2D eigenvalue weighted by atomic mass is 9.70. The molecule has 2 fully saturated rings. The smallest absolute Gasteiger partial charge is 0.317 e. The first kappa shape index (κ1) is 15.3. The van der Waals surface area contributed by atoms with E-state index in [4.69, 9.17) is 18.9 Å². The molecule has 2 aliphatic rings. The molecule has 3 rings (SSSR count). The van der Waals surface area contributed by atoms with Gasteiger partial charge in [-0.1, -0.05) is 12.1 Å². The van der Waals surface area contributed by atoms with Crippen LogP contribution in [0.5, 0.6) is 5.75 Å². The Morgan fingerprint density at radius 3 is 2.36 bits per heavy atom.